The fourth-order valence-electron chi connectivity index (χ4n) is 5.58. The van der Waals surface area contributed by atoms with Crippen LogP contribution in [-0.4, -0.2) is 30.5 Å². The number of hydrogen-bond donors (Lipinski definition) is 2. The standard InChI is InChI=1S/C18H33NO2/c19-14-17(10-12-21-13-11-17)18(20)9-5-4-8-16(18)15-6-2-1-3-7-15/h15-16,20H,1-14,19H2. The fourth-order valence-corrected chi connectivity index (χ4v) is 5.58. The van der Waals surface area contributed by atoms with Gasteiger partial charge in [-0.1, -0.05) is 44.9 Å². The van der Waals surface area contributed by atoms with E-state index in [9.17, 15) is 5.11 Å². The summed E-state index contributed by atoms with van der Waals surface area (Å²) in [5, 5.41) is 11.8. The van der Waals surface area contributed by atoms with E-state index in [0.717, 1.165) is 38.4 Å². The van der Waals surface area contributed by atoms with Crippen LogP contribution in [0, 0.1) is 17.3 Å². The van der Waals surface area contributed by atoms with E-state index >= 15 is 0 Å². The van der Waals surface area contributed by atoms with Crippen molar-refractivity contribution in [2.75, 3.05) is 19.8 Å². The lowest BCUT2D eigenvalue weighted by atomic mass is 9.53. The molecule has 2 unspecified atom stereocenters. The molecule has 0 bridgehead atoms. The van der Waals surface area contributed by atoms with Crippen LogP contribution in [0.2, 0.25) is 0 Å². The topological polar surface area (TPSA) is 55.5 Å². The molecule has 1 aliphatic heterocycles. The van der Waals surface area contributed by atoms with Crippen molar-refractivity contribution in [1.82, 2.24) is 0 Å². The van der Waals surface area contributed by atoms with Crippen molar-refractivity contribution in [1.29, 1.82) is 0 Å². The Morgan fingerprint density at radius 1 is 0.905 bits per heavy atom. The van der Waals surface area contributed by atoms with Crippen LogP contribution in [0.5, 0.6) is 0 Å². The maximum absolute atomic E-state index is 11.8. The van der Waals surface area contributed by atoms with Crippen LogP contribution >= 0.6 is 0 Å². The third-order valence-electron chi connectivity index (χ3n) is 6.91. The Bertz CT molecular complexity index is 334. The van der Waals surface area contributed by atoms with Crippen LogP contribution in [0.15, 0.2) is 0 Å². The van der Waals surface area contributed by atoms with Gasteiger partial charge in [0.1, 0.15) is 0 Å². The molecule has 3 aliphatic rings. The zero-order valence-electron chi connectivity index (χ0n) is 13.5. The second-order valence-electron chi connectivity index (χ2n) is 7.77. The van der Waals surface area contributed by atoms with Crippen LogP contribution in [0.1, 0.15) is 70.6 Å². The summed E-state index contributed by atoms with van der Waals surface area (Å²) < 4.78 is 5.58. The van der Waals surface area contributed by atoms with Gasteiger partial charge in [0, 0.05) is 25.2 Å². The first-order valence-electron chi connectivity index (χ1n) is 9.22. The smallest absolute Gasteiger partial charge is 0.0748 e. The van der Waals surface area contributed by atoms with Crippen LogP contribution in [0.3, 0.4) is 0 Å². The van der Waals surface area contributed by atoms with Crippen LogP contribution in [0.25, 0.3) is 0 Å². The number of ether oxygens (including phenoxy) is 1. The Morgan fingerprint density at radius 3 is 2.24 bits per heavy atom. The first-order valence-corrected chi connectivity index (χ1v) is 9.22. The second-order valence-corrected chi connectivity index (χ2v) is 7.77. The van der Waals surface area contributed by atoms with E-state index in [4.69, 9.17) is 10.5 Å². The quantitative estimate of drug-likeness (QED) is 0.840. The fraction of sp³-hybridized carbons (Fsp3) is 1.00. The summed E-state index contributed by atoms with van der Waals surface area (Å²) in [5.74, 6) is 1.21. The van der Waals surface area contributed by atoms with E-state index in [2.05, 4.69) is 0 Å². The zero-order valence-corrected chi connectivity index (χ0v) is 13.5. The summed E-state index contributed by atoms with van der Waals surface area (Å²) in [5.41, 5.74) is 5.61. The SMILES string of the molecule is NCC1(C2(O)CCCCC2C2CCCCC2)CCOCC1. The van der Waals surface area contributed by atoms with Crippen LogP contribution < -0.4 is 5.73 Å². The summed E-state index contributed by atoms with van der Waals surface area (Å²) in [6.07, 6.45) is 13.3. The van der Waals surface area contributed by atoms with Crippen LogP contribution in [0.4, 0.5) is 0 Å². The summed E-state index contributed by atoms with van der Waals surface area (Å²) in [6, 6.07) is 0. The highest BCUT2D eigenvalue weighted by Crippen LogP contribution is 2.54. The minimum atomic E-state index is -0.536. The molecule has 2 atom stereocenters. The Kier molecular flexibility index (Phi) is 4.92. The van der Waals surface area contributed by atoms with E-state index in [0.29, 0.717) is 12.5 Å². The molecule has 0 aromatic heterocycles. The maximum Gasteiger partial charge on any atom is 0.0748 e. The third-order valence-corrected chi connectivity index (χ3v) is 6.91. The monoisotopic (exact) mass is 295 g/mol. The molecule has 0 aromatic rings. The normalized spacial score (nSPS) is 38.3. The lowest BCUT2D eigenvalue weighted by Crippen LogP contribution is -2.61. The van der Waals surface area contributed by atoms with E-state index in [1.165, 1.54) is 51.4 Å². The molecule has 3 rings (SSSR count). The highest BCUT2D eigenvalue weighted by Gasteiger charge is 2.56. The minimum Gasteiger partial charge on any atom is -0.389 e. The number of rotatable bonds is 3. The highest BCUT2D eigenvalue weighted by atomic mass is 16.5. The van der Waals surface area contributed by atoms with Gasteiger partial charge in [0.25, 0.3) is 0 Å². The molecule has 21 heavy (non-hydrogen) atoms. The summed E-state index contributed by atoms with van der Waals surface area (Å²) in [4.78, 5) is 0. The minimum absolute atomic E-state index is 0.0895. The predicted molar refractivity (Wildman–Crippen MR) is 85.0 cm³/mol. The van der Waals surface area contributed by atoms with Gasteiger partial charge in [0.2, 0.25) is 0 Å². The molecule has 0 radical (unpaired) electrons. The third kappa shape index (κ3) is 2.77. The number of aliphatic hydroxyl groups is 1. The molecule has 3 heteroatoms. The number of hydrogen-bond acceptors (Lipinski definition) is 3. The van der Waals surface area contributed by atoms with Gasteiger partial charge in [-0.2, -0.15) is 0 Å². The Labute approximate surface area is 129 Å². The first kappa shape index (κ1) is 15.8. The molecule has 1 saturated heterocycles. The first-order chi connectivity index (χ1) is 10.2. The number of nitrogens with two attached hydrogens (primary N) is 1. The Hall–Kier alpha value is -0.120. The molecule has 2 aliphatic carbocycles. The van der Waals surface area contributed by atoms with E-state index in [1.54, 1.807) is 0 Å². The lowest BCUT2D eigenvalue weighted by Gasteiger charge is -2.57. The summed E-state index contributed by atoms with van der Waals surface area (Å²) in [7, 11) is 0. The van der Waals surface area contributed by atoms with Gasteiger partial charge in [-0.05, 0) is 37.5 Å². The summed E-state index contributed by atoms with van der Waals surface area (Å²) in [6.45, 7) is 2.17. The Balaban J connectivity index is 1.86. The molecule has 0 amide bonds. The molecular weight excluding hydrogens is 262 g/mol. The molecule has 122 valence electrons. The molecule has 0 aromatic carbocycles. The van der Waals surface area contributed by atoms with Crippen molar-refractivity contribution in [2.45, 2.75) is 76.2 Å². The van der Waals surface area contributed by atoms with Crippen molar-refractivity contribution < 1.29 is 9.84 Å². The van der Waals surface area contributed by atoms with E-state index < -0.39 is 5.60 Å². The van der Waals surface area contributed by atoms with E-state index in [1.807, 2.05) is 0 Å². The van der Waals surface area contributed by atoms with Crippen molar-refractivity contribution in [3.63, 3.8) is 0 Å². The molecular formula is C18H33NO2. The van der Waals surface area contributed by atoms with Crippen molar-refractivity contribution in [3.05, 3.63) is 0 Å². The van der Waals surface area contributed by atoms with Crippen molar-refractivity contribution in [2.24, 2.45) is 23.0 Å². The van der Waals surface area contributed by atoms with E-state index in [-0.39, 0.29) is 5.41 Å². The Morgan fingerprint density at radius 2 is 1.57 bits per heavy atom. The predicted octanol–water partition coefficient (Wildman–Crippen LogP) is 3.24. The molecule has 2 saturated carbocycles. The molecule has 3 fully saturated rings. The zero-order chi connectivity index (χ0) is 14.8. The maximum atomic E-state index is 11.8. The van der Waals surface area contributed by atoms with Gasteiger partial charge >= 0.3 is 0 Å². The molecule has 0 spiro atoms. The van der Waals surface area contributed by atoms with Crippen LogP contribution in [-0.2, 0) is 4.74 Å². The van der Waals surface area contributed by atoms with Crippen molar-refractivity contribution in [3.8, 4) is 0 Å². The second kappa shape index (κ2) is 6.55. The van der Waals surface area contributed by atoms with Gasteiger partial charge in [0.15, 0.2) is 0 Å². The molecule has 3 nitrogen and oxygen atoms in total. The lowest BCUT2D eigenvalue weighted by molar-refractivity contribution is -0.189. The summed E-state index contributed by atoms with van der Waals surface area (Å²) >= 11 is 0. The molecule has 3 N–H and O–H groups in total. The van der Waals surface area contributed by atoms with Gasteiger partial charge in [-0.25, -0.2) is 0 Å². The van der Waals surface area contributed by atoms with Gasteiger partial charge < -0.3 is 15.6 Å². The average molecular weight is 295 g/mol. The highest BCUT2D eigenvalue weighted by molar-refractivity contribution is 5.07. The van der Waals surface area contributed by atoms with Gasteiger partial charge in [-0.3, -0.25) is 0 Å². The van der Waals surface area contributed by atoms with Gasteiger partial charge in [-0.15, -0.1) is 0 Å². The molecule has 1 heterocycles. The van der Waals surface area contributed by atoms with Crippen molar-refractivity contribution >= 4 is 0 Å². The van der Waals surface area contributed by atoms with Gasteiger partial charge in [0.05, 0.1) is 5.60 Å². The average Bonchev–Trinajstić information content (AvgIpc) is 2.56. The largest absolute Gasteiger partial charge is 0.389 e.